The van der Waals surface area contributed by atoms with E-state index in [1.807, 2.05) is 0 Å². The Kier molecular flexibility index (Phi) is 6.71. The van der Waals surface area contributed by atoms with E-state index in [9.17, 15) is 22.0 Å². The summed E-state index contributed by atoms with van der Waals surface area (Å²) in [6.45, 7) is 7.15. The van der Waals surface area contributed by atoms with Crippen LogP contribution >= 0.6 is 11.6 Å². The van der Waals surface area contributed by atoms with Crippen LogP contribution in [0.4, 0.5) is 22.0 Å². The molecule has 0 bridgehead atoms. The summed E-state index contributed by atoms with van der Waals surface area (Å²) in [6, 6.07) is 8.88. The zero-order valence-corrected chi connectivity index (χ0v) is 18.4. The quantitative estimate of drug-likeness (QED) is 0.381. The van der Waals surface area contributed by atoms with Crippen LogP contribution in [0, 0.1) is 0 Å². The molecule has 0 aliphatic carbocycles. The lowest BCUT2D eigenvalue weighted by molar-refractivity contribution is -0.275. The highest BCUT2D eigenvalue weighted by atomic mass is 35.5. The Morgan fingerprint density at radius 1 is 0.906 bits per heavy atom. The van der Waals surface area contributed by atoms with E-state index in [0.29, 0.717) is 5.02 Å². The first-order valence-corrected chi connectivity index (χ1v) is 10.0. The van der Waals surface area contributed by atoms with Gasteiger partial charge < -0.3 is 18.8 Å². The third-order valence-corrected chi connectivity index (χ3v) is 5.65. The van der Waals surface area contributed by atoms with Gasteiger partial charge in [0.2, 0.25) is 0 Å². The largest absolute Gasteiger partial charge is 0.573 e. The Labute approximate surface area is 187 Å². The highest BCUT2D eigenvalue weighted by Crippen LogP contribution is 2.39. The van der Waals surface area contributed by atoms with E-state index in [-0.39, 0.29) is 11.0 Å². The first kappa shape index (κ1) is 24.6. The van der Waals surface area contributed by atoms with E-state index < -0.39 is 48.7 Å². The molecule has 11 heteroatoms. The molecular weight excluding hydrogens is 457 g/mol. The molecular formula is C21H21BClF5O4. The van der Waals surface area contributed by atoms with Crippen LogP contribution in [-0.2, 0) is 9.31 Å². The van der Waals surface area contributed by atoms with Gasteiger partial charge in [0.25, 0.3) is 6.43 Å². The summed E-state index contributed by atoms with van der Waals surface area (Å²) < 4.78 is 87.5. The van der Waals surface area contributed by atoms with Gasteiger partial charge in [-0.25, -0.2) is 8.78 Å². The summed E-state index contributed by atoms with van der Waals surface area (Å²) in [5, 5.41) is 0.314. The van der Waals surface area contributed by atoms with E-state index in [0.717, 1.165) is 12.1 Å². The van der Waals surface area contributed by atoms with Crippen LogP contribution in [0.2, 0.25) is 5.02 Å². The second kappa shape index (κ2) is 8.72. The second-order valence-electron chi connectivity index (χ2n) is 8.27. The zero-order valence-electron chi connectivity index (χ0n) is 17.7. The predicted octanol–water partition coefficient (Wildman–Crippen LogP) is 5.92. The highest BCUT2D eigenvalue weighted by Gasteiger charge is 2.52. The summed E-state index contributed by atoms with van der Waals surface area (Å²) in [5.41, 5.74) is -1.20. The molecule has 1 heterocycles. The Morgan fingerprint density at radius 2 is 1.47 bits per heavy atom. The monoisotopic (exact) mass is 478 g/mol. The van der Waals surface area contributed by atoms with Gasteiger partial charge in [-0.05, 0) is 63.0 Å². The Hall–Kier alpha value is -2.04. The zero-order chi connectivity index (χ0) is 23.9. The number of halogens is 6. The number of rotatable bonds is 6. The number of benzene rings is 2. The van der Waals surface area contributed by atoms with E-state index >= 15 is 0 Å². The fourth-order valence-electron chi connectivity index (χ4n) is 3.01. The summed E-state index contributed by atoms with van der Waals surface area (Å²) in [4.78, 5) is 0. The van der Waals surface area contributed by atoms with Gasteiger partial charge in [-0.15, -0.1) is 13.2 Å². The van der Waals surface area contributed by atoms with Crippen LogP contribution in [0.25, 0.3) is 0 Å². The highest BCUT2D eigenvalue weighted by molar-refractivity contribution is 6.62. The van der Waals surface area contributed by atoms with Crippen molar-refractivity contribution in [3.05, 3.63) is 53.1 Å². The van der Waals surface area contributed by atoms with Gasteiger partial charge in [-0.1, -0.05) is 29.8 Å². The lowest BCUT2D eigenvalue weighted by Crippen LogP contribution is -2.41. The molecule has 2 aromatic carbocycles. The molecule has 0 radical (unpaired) electrons. The molecule has 1 fully saturated rings. The summed E-state index contributed by atoms with van der Waals surface area (Å²) >= 11 is 5.78. The number of ether oxygens (including phenoxy) is 2. The molecule has 0 saturated carbocycles. The van der Waals surface area contributed by atoms with Gasteiger partial charge in [0, 0.05) is 5.02 Å². The average Bonchev–Trinajstić information content (AvgIpc) is 2.87. The van der Waals surface area contributed by atoms with Gasteiger partial charge in [0.05, 0.1) is 11.2 Å². The van der Waals surface area contributed by atoms with Crippen molar-refractivity contribution in [2.45, 2.75) is 57.8 Å². The number of hydrogen-bond acceptors (Lipinski definition) is 4. The summed E-state index contributed by atoms with van der Waals surface area (Å²) in [7, 11) is -0.980. The average molecular weight is 479 g/mol. The van der Waals surface area contributed by atoms with Crippen molar-refractivity contribution >= 4 is 24.2 Å². The maximum atomic E-state index is 13.7. The molecule has 0 N–H and O–H groups in total. The van der Waals surface area contributed by atoms with Crippen LogP contribution in [0.3, 0.4) is 0 Å². The minimum Gasteiger partial charge on any atom is -0.476 e. The molecule has 1 aliphatic rings. The molecule has 4 nitrogen and oxygen atoms in total. The molecule has 1 aliphatic heterocycles. The lowest BCUT2D eigenvalue weighted by Gasteiger charge is -2.32. The van der Waals surface area contributed by atoms with E-state index in [4.69, 9.17) is 25.6 Å². The van der Waals surface area contributed by atoms with E-state index in [2.05, 4.69) is 4.74 Å². The molecule has 1 unspecified atom stereocenters. The van der Waals surface area contributed by atoms with Crippen molar-refractivity contribution in [2.75, 3.05) is 0 Å². The lowest BCUT2D eigenvalue weighted by atomic mass is 9.79. The normalized spacial score (nSPS) is 18.7. The Morgan fingerprint density at radius 3 is 1.97 bits per heavy atom. The predicted molar refractivity (Wildman–Crippen MR) is 110 cm³/mol. The molecule has 174 valence electrons. The topological polar surface area (TPSA) is 36.9 Å². The van der Waals surface area contributed by atoms with Crippen molar-refractivity contribution in [3.8, 4) is 11.5 Å². The standard InChI is InChI=1S/C21H21BClF5O4/c1-19(2)20(3,4)32-22(31-19)13-7-10-15(16(11-13)30-21(26,27)28)29-17(18(24)25)12-5-8-14(23)9-6-12/h5-11,17-18H,1-4H3. The Balaban J connectivity index is 1.95. The van der Waals surface area contributed by atoms with Crippen molar-refractivity contribution in [1.82, 2.24) is 0 Å². The smallest absolute Gasteiger partial charge is 0.476 e. The molecule has 0 aromatic heterocycles. The third kappa shape index (κ3) is 5.47. The van der Waals surface area contributed by atoms with Crippen LogP contribution in [0.15, 0.2) is 42.5 Å². The van der Waals surface area contributed by atoms with Gasteiger partial charge >= 0.3 is 13.5 Å². The summed E-state index contributed by atoms with van der Waals surface area (Å²) in [5.74, 6) is -1.30. The third-order valence-electron chi connectivity index (χ3n) is 5.40. The van der Waals surface area contributed by atoms with Crippen molar-refractivity contribution in [1.29, 1.82) is 0 Å². The van der Waals surface area contributed by atoms with Gasteiger partial charge in [0.15, 0.2) is 17.6 Å². The minimum absolute atomic E-state index is 0.0393. The number of alkyl halides is 5. The van der Waals surface area contributed by atoms with Crippen molar-refractivity contribution < 1.29 is 40.7 Å². The van der Waals surface area contributed by atoms with Crippen LogP contribution in [-0.4, -0.2) is 31.1 Å². The first-order chi connectivity index (χ1) is 14.7. The first-order valence-electron chi connectivity index (χ1n) is 9.64. The maximum absolute atomic E-state index is 13.7. The molecule has 1 saturated heterocycles. The van der Waals surface area contributed by atoms with Crippen molar-refractivity contribution in [2.24, 2.45) is 0 Å². The van der Waals surface area contributed by atoms with E-state index in [1.165, 1.54) is 30.3 Å². The second-order valence-corrected chi connectivity index (χ2v) is 8.70. The fraction of sp³-hybridized carbons (Fsp3) is 0.429. The van der Waals surface area contributed by atoms with Crippen LogP contribution in [0.5, 0.6) is 11.5 Å². The summed E-state index contributed by atoms with van der Waals surface area (Å²) in [6.07, 6.45) is -9.95. The van der Waals surface area contributed by atoms with Gasteiger partial charge in [0.1, 0.15) is 0 Å². The molecule has 2 aromatic rings. The molecule has 1 atom stereocenters. The van der Waals surface area contributed by atoms with Crippen LogP contribution in [0.1, 0.15) is 39.4 Å². The minimum atomic E-state index is -5.08. The van der Waals surface area contributed by atoms with E-state index in [1.54, 1.807) is 27.7 Å². The Bertz CT molecular complexity index is 934. The van der Waals surface area contributed by atoms with Crippen LogP contribution < -0.4 is 14.9 Å². The number of hydrogen-bond donors (Lipinski definition) is 0. The van der Waals surface area contributed by atoms with Gasteiger partial charge in [-0.2, -0.15) is 0 Å². The molecule has 32 heavy (non-hydrogen) atoms. The molecule has 0 amide bonds. The SMILES string of the molecule is CC1(C)OB(c2ccc(OC(c3ccc(Cl)cc3)C(F)F)c(OC(F)(F)F)c2)OC1(C)C. The fourth-order valence-corrected chi connectivity index (χ4v) is 3.13. The molecule has 0 spiro atoms. The molecule has 3 rings (SSSR count). The van der Waals surface area contributed by atoms with Crippen molar-refractivity contribution in [3.63, 3.8) is 0 Å². The van der Waals surface area contributed by atoms with Gasteiger partial charge in [-0.3, -0.25) is 0 Å². The maximum Gasteiger partial charge on any atom is 0.573 e.